The summed E-state index contributed by atoms with van der Waals surface area (Å²) in [6.07, 6.45) is 5.01. The first-order chi connectivity index (χ1) is 16.5. The highest BCUT2D eigenvalue weighted by molar-refractivity contribution is 7.07. The largest absolute Gasteiger partial charge is 0.321 e. The number of anilines is 1. The molecule has 4 rings (SSSR count). The SMILES string of the molecule is CC(C)c1ccc(NC(=O)/C(C#N)=c2\s/c(=C/c3ccncc3)c(=O)n2-c2ccccc2)cc1. The maximum atomic E-state index is 13.4. The first kappa shape index (κ1) is 22.9. The van der Waals surface area contributed by atoms with Crippen LogP contribution in [0.25, 0.3) is 17.3 Å². The summed E-state index contributed by atoms with van der Waals surface area (Å²) >= 11 is 1.11. The van der Waals surface area contributed by atoms with E-state index in [4.69, 9.17) is 0 Å². The molecule has 0 bridgehead atoms. The topological polar surface area (TPSA) is 87.8 Å². The molecule has 2 heterocycles. The fourth-order valence-corrected chi connectivity index (χ4v) is 4.52. The van der Waals surface area contributed by atoms with Crippen LogP contribution in [0.2, 0.25) is 0 Å². The average molecular weight is 467 g/mol. The number of thiazole rings is 1. The van der Waals surface area contributed by atoms with E-state index in [1.807, 2.05) is 36.4 Å². The first-order valence-electron chi connectivity index (χ1n) is 10.7. The minimum absolute atomic E-state index is 0.131. The Kier molecular flexibility index (Phi) is 6.81. The van der Waals surface area contributed by atoms with E-state index in [-0.39, 0.29) is 15.8 Å². The van der Waals surface area contributed by atoms with Crippen molar-refractivity contribution in [1.82, 2.24) is 9.55 Å². The van der Waals surface area contributed by atoms with Gasteiger partial charge in [-0.05, 0) is 59.5 Å². The van der Waals surface area contributed by atoms with Crippen molar-refractivity contribution in [3.63, 3.8) is 0 Å². The van der Waals surface area contributed by atoms with Gasteiger partial charge in [-0.15, -0.1) is 11.3 Å². The predicted octanol–water partition coefficient (Wildman–Crippen LogP) is 3.56. The van der Waals surface area contributed by atoms with Crippen LogP contribution in [0.15, 0.2) is 83.9 Å². The van der Waals surface area contributed by atoms with Crippen LogP contribution in [0.5, 0.6) is 0 Å². The lowest BCUT2D eigenvalue weighted by atomic mass is 10.0. The first-order valence-corrected chi connectivity index (χ1v) is 11.5. The number of amides is 1. The Morgan fingerprint density at radius 3 is 2.35 bits per heavy atom. The van der Waals surface area contributed by atoms with Crippen molar-refractivity contribution in [3.8, 4) is 11.8 Å². The van der Waals surface area contributed by atoms with Crippen molar-refractivity contribution in [2.24, 2.45) is 0 Å². The highest BCUT2D eigenvalue weighted by Gasteiger charge is 2.17. The van der Waals surface area contributed by atoms with Crippen molar-refractivity contribution in [3.05, 3.63) is 110 Å². The van der Waals surface area contributed by atoms with Crippen molar-refractivity contribution >= 4 is 34.6 Å². The third kappa shape index (κ3) is 4.87. The summed E-state index contributed by atoms with van der Waals surface area (Å²) in [6, 6.07) is 22.1. The number of nitrogens with one attached hydrogen (secondary N) is 1. The molecular weight excluding hydrogens is 444 g/mol. The van der Waals surface area contributed by atoms with Gasteiger partial charge in [0, 0.05) is 18.1 Å². The van der Waals surface area contributed by atoms with E-state index in [1.165, 1.54) is 4.57 Å². The van der Waals surface area contributed by atoms with Gasteiger partial charge in [-0.3, -0.25) is 19.1 Å². The molecule has 1 amide bonds. The van der Waals surface area contributed by atoms with Crippen LogP contribution in [-0.4, -0.2) is 15.5 Å². The number of nitriles is 1. The monoisotopic (exact) mass is 466 g/mol. The number of hydrogen-bond acceptors (Lipinski definition) is 5. The second kappa shape index (κ2) is 10.1. The summed E-state index contributed by atoms with van der Waals surface area (Å²) in [5.41, 5.74) is 2.67. The minimum Gasteiger partial charge on any atom is -0.321 e. The number of carbonyl (C=O) groups is 1. The molecule has 168 valence electrons. The number of pyridine rings is 1. The van der Waals surface area contributed by atoms with Crippen LogP contribution in [0, 0.1) is 11.3 Å². The summed E-state index contributed by atoms with van der Waals surface area (Å²) < 4.78 is 2.10. The zero-order valence-corrected chi connectivity index (χ0v) is 19.5. The van der Waals surface area contributed by atoms with Crippen LogP contribution in [-0.2, 0) is 4.79 Å². The quantitative estimate of drug-likeness (QED) is 0.487. The molecule has 0 saturated carbocycles. The second-order valence-corrected chi connectivity index (χ2v) is 8.92. The molecule has 34 heavy (non-hydrogen) atoms. The van der Waals surface area contributed by atoms with E-state index in [0.29, 0.717) is 21.8 Å². The van der Waals surface area contributed by atoms with Crippen LogP contribution in [0.1, 0.15) is 30.9 Å². The van der Waals surface area contributed by atoms with Crippen LogP contribution in [0.4, 0.5) is 5.69 Å². The number of para-hydroxylation sites is 1. The van der Waals surface area contributed by atoms with Gasteiger partial charge in [0.2, 0.25) is 0 Å². The summed E-state index contributed by atoms with van der Waals surface area (Å²) in [6.45, 7) is 4.19. The third-order valence-electron chi connectivity index (χ3n) is 5.23. The standard InChI is InChI=1S/C27H22N4O2S/c1-18(2)20-8-10-21(11-9-20)30-25(32)23(17-28)27-31(22-6-4-3-5-7-22)26(33)24(34-27)16-19-12-14-29-15-13-19/h3-16,18H,1-2H3,(H,30,32)/b24-16+,27-23-. The van der Waals surface area contributed by atoms with Gasteiger partial charge < -0.3 is 5.32 Å². The van der Waals surface area contributed by atoms with Crippen molar-refractivity contribution in [1.29, 1.82) is 5.26 Å². The molecule has 0 atom stereocenters. The van der Waals surface area contributed by atoms with E-state index >= 15 is 0 Å². The minimum atomic E-state index is -0.568. The normalized spacial score (nSPS) is 12.4. The molecule has 0 saturated heterocycles. The van der Waals surface area contributed by atoms with Crippen molar-refractivity contribution in [2.75, 3.05) is 5.32 Å². The number of benzene rings is 2. The zero-order chi connectivity index (χ0) is 24.1. The molecule has 7 heteroatoms. The van der Waals surface area contributed by atoms with Gasteiger partial charge >= 0.3 is 0 Å². The number of hydrogen-bond donors (Lipinski definition) is 1. The maximum absolute atomic E-state index is 13.4. The van der Waals surface area contributed by atoms with Gasteiger partial charge in [-0.25, -0.2) is 0 Å². The average Bonchev–Trinajstić information content (AvgIpc) is 3.16. The number of rotatable bonds is 5. The number of carbonyl (C=O) groups excluding carboxylic acids is 1. The fraction of sp³-hybridized carbons (Fsp3) is 0.111. The molecule has 0 unspecified atom stereocenters. The molecule has 0 radical (unpaired) electrons. The highest BCUT2D eigenvalue weighted by atomic mass is 32.1. The van der Waals surface area contributed by atoms with Crippen LogP contribution in [0.3, 0.4) is 0 Å². The lowest BCUT2D eigenvalue weighted by molar-refractivity contribution is -0.111. The predicted molar refractivity (Wildman–Crippen MR) is 135 cm³/mol. The molecule has 0 aliphatic carbocycles. The van der Waals surface area contributed by atoms with Crippen LogP contribution < -0.4 is 20.1 Å². The highest BCUT2D eigenvalue weighted by Crippen LogP contribution is 2.17. The summed E-state index contributed by atoms with van der Waals surface area (Å²) in [7, 11) is 0. The van der Waals surface area contributed by atoms with E-state index in [1.54, 1.807) is 54.9 Å². The van der Waals surface area contributed by atoms with E-state index < -0.39 is 5.91 Å². The second-order valence-electron chi connectivity index (χ2n) is 7.89. The molecule has 0 spiro atoms. The summed E-state index contributed by atoms with van der Waals surface area (Å²) in [5, 5.41) is 12.7. The van der Waals surface area contributed by atoms with Gasteiger partial charge in [-0.2, -0.15) is 5.26 Å². The molecule has 2 aromatic heterocycles. The Morgan fingerprint density at radius 2 is 1.74 bits per heavy atom. The van der Waals surface area contributed by atoms with Crippen molar-refractivity contribution in [2.45, 2.75) is 19.8 Å². The van der Waals surface area contributed by atoms with Gasteiger partial charge in [0.05, 0.1) is 10.2 Å². The Balaban J connectivity index is 1.87. The molecule has 0 fully saturated rings. The van der Waals surface area contributed by atoms with Crippen LogP contribution >= 0.6 is 11.3 Å². The molecule has 6 nitrogen and oxygen atoms in total. The molecule has 1 N–H and O–H groups in total. The van der Waals surface area contributed by atoms with Gasteiger partial charge in [0.15, 0.2) is 5.57 Å². The lowest BCUT2D eigenvalue weighted by Gasteiger charge is -2.08. The maximum Gasteiger partial charge on any atom is 0.273 e. The van der Waals surface area contributed by atoms with E-state index in [9.17, 15) is 14.9 Å². The Morgan fingerprint density at radius 1 is 1.06 bits per heavy atom. The zero-order valence-electron chi connectivity index (χ0n) is 18.7. The number of nitrogens with zero attached hydrogens (tertiary/aromatic N) is 3. The van der Waals surface area contributed by atoms with Gasteiger partial charge in [0.1, 0.15) is 10.7 Å². The lowest BCUT2D eigenvalue weighted by Crippen LogP contribution is -2.32. The van der Waals surface area contributed by atoms with Crippen molar-refractivity contribution < 1.29 is 4.79 Å². The molecule has 4 aromatic rings. The van der Waals surface area contributed by atoms with E-state index in [0.717, 1.165) is 22.5 Å². The molecule has 0 aliphatic rings. The summed E-state index contributed by atoms with van der Waals surface area (Å²) in [4.78, 5) is 30.5. The van der Waals surface area contributed by atoms with Gasteiger partial charge in [0.25, 0.3) is 11.5 Å². The number of aromatic nitrogens is 2. The summed E-state index contributed by atoms with van der Waals surface area (Å²) in [5.74, 6) is -0.200. The smallest absolute Gasteiger partial charge is 0.273 e. The molecule has 2 aromatic carbocycles. The fourth-order valence-electron chi connectivity index (χ4n) is 3.41. The Bertz CT molecular complexity index is 1530. The molecular formula is C27H22N4O2S. The third-order valence-corrected chi connectivity index (χ3v) is 6.32. The Hall–Kier alpha value is -4.28. The van der Waals surface area contributed by atoms with E-state index in [2.05, 4.69) is 24.1 Å². The molecule has 0 aliphatic heterocycles. The van der Waals surface area contributed by atoms with Gasteiger partial charge in [-0.1, -0.05) is 44.2 Å². The Labute approximate surface area is 200 Å².